The number of carbonyl (C=O) groups is 3. The van der Waals surface area contributed by atoms with Crippen molar-refractivity contribution < 1.29 is 24.6 Å². The number of nitrogens with zero attached hydrogens (tertiary/aromatic N) is 1. The van der Waals surface area contributed by atoms with Crippen molar-refractivity contribution in [1.29, 1.82) is 0 Å². The molecule has 0 fully saturated rings. The number of amides is 2. The van der Waals surface area contributed by atoms with Gasteiger partial charge in [0.2, 0.25) is 0 Å². The highest BCUT2D eigenvalue weighted by Crippen LogP contribution is 2.14. The van der Waals surface area contributed by atoms with E-state index in [1.165, 1.54) is 0 Å². The lowest BCUT2D eigenvalue weighted by atomic mass is 10.1. The molecule has 0 heterocycles. The number of carbonyl (C=O) groups excluding carboxylic acids is 1. The van der Waals surface area contributed by atoms with Crippen LogP contribution in [-0.4, -0.2) is 46.2 Å². The first-order valence-corrected chi connectivity index (χ1v) is 5.86. The van der Waals surface area contributed by atoms with E-state index in [9.17, 15) is 14.4 Å². The predicted molar refractivity (Wildman–Crippen MR) is 71.8 cm³/mol. The molecule has 7 nitrogen and oxygen atoms in total. The number of carboxylic acid groups (broad SMARTS) is 2. The lowest BCUT2D eigenvalue weighted by Crippen LogP contribution is -2.41. The van der Waals surface area contributed by atoms with Crippen LogP contribution in [0.4, 0.5) is 10.5 Å². The molecule has 0 aliphatic carbocycles. The Morgan fingerprint density at radius 3 is 2.05 bits per heavy atom. The van der Waals surface area contributed by atoms with E-state index >= 15 is 0 Å². The quantitative estimate of drug-likeness (QED) is 0.753. The van der Waals surface area contributed by atoms with Crippen LogP contribution in [0.2, 0.25) is 0 Å². The van der Waals surface area contributed by atoms with Crippen LogP contribution < -0.4 is 5.32 Å². The zero-order valence-electron chi connectivity index (χ0n) is 11.2. The third-order valence-corrected chi connectivity index (χ3v) is 2.70. The number of hydrogen-bond donors (Lipinski definition) is 3. The van der Waals surface area contributed by atoms with Crippen molar-refractivity contribution in [2.75, 3.05) is 18.4 Å². The molecule has 0 radical (unpaired) electrons. The second-order valence-electron chi connectivity index (χ2n) is 4.37. The number of benzene rings is 1. The lowest BCUT2D eigenvalue weighted by molar-refractivity contribution is -0.140. The Labute approximate surface area is 115 Å². The molecular formula is C13H16N2O5. The third kappa shape index (κ3) is 4.60. The second-order valence-corrected chi connectivity index (χ2v) is 4.37. The first kappa shape index (κ1) is 15.5. The van der Waals surface area contributed by atoms with Crippen molar-refractivity contribution in [2.24, 2.45) is 0 Å². The van der Waals surface area contributed by atoms with Gasteiger partial charge in [-0.15, -0.1) is 0 Å². The molecule has 0 saturated carbocycles. The second kappa shape index (κ2) is 6.55. The number of aryl methyl sites for hydroxylation is 2. The zero-order chi connectivity index (χ0) is 15.3. The van der Waals surface area contributed by atoms with Gasteiger partial charge in [0.15, 0.2) is 0 Å². The van der Waals surface area contributed by atoms with Gasteiger partial charge in [-0.05, 0) is 37.1 Å². The molecule has 0 saturated heterocycles. The summed E-state index contributed by atoms with van der Waals surface area (Å²) >= 11 is 0. The Hall–Kier alpha value is -2.57. The molecule has 0 aromatic heterocycles. The topological polar surface area (TPSA) is 107 Å². The van der Waals surface area contributed by atoms with E-state index in [4.69, 9.17) is 10.2 Å². The maximum Gasteiger partial charge on any atom is 0.323 e. The van der Waals surface area contributed by atoms with Crippen molar-refractivity contribution in [3.63, 3.8) is 0 Å². The Balaban J connectivity index is 2.81. The minimum absolute atomic E-state index is 0.485. The van der Waals surface area contributed by atoms with Gasteiger partial charge in [0, 0.05) is 5.69 Å². The molecule has 0 aliphatic heterocycles. The van der Waals surface area contributed by atoms with Crippen LogP contribution in [0, 0.1) is 13.8 Å². The molecule has 0 aliphatic rings. The first-order chi connectivity index (χ1) is 9.29. The highest BCUT2D eigenvalue weighted by Gasteiger charge is 2.19. The molecule has 1 aromatic rings. The summed E-state index contributed by atoms with van der Waals surface area (Å²) in [5, 5.41) is 19.8. The number of carboxylic acids is 2. The van der Waals surface area contributed by atoms with E-state index in [2.05, 4.69) is 5.32 Å². The van der Waals surface area contributed by atoms with Crippen LogP contribution in [-0.2, 0) is 9.59 Å². The number of aliphatic carboxylic acids is 2. The molecule has 1 rings (SSSR count). The van der Waals surface area contributed by atoms with Gasteiger partial charge < -0.3 is 20.4 Å². The van der Waals surface area contributed by atoms with E-state index in [1.54, 1.807) is 12.1 Å². The molecular weight excluding hydrogens is 264 g/mol. The molecule has 3 N–H and O–H groups in total. The molecule has 2 amide bonds. The van der Waals surface area contributed by atoms with Crippen molar-refractivity contribution in [1.82, 2.24) is 4.90 Å². The van der Waals surface area contributed by atoms with Crippen molar-refractivity contribution >= 4 is 23.7 Å². The molecule has 0 atom stereocenters. The number of nitrogens with one attached hydrogen (secondary N) is 1. The molecule has 0 spiro atoms. The molecule has 108 valence electrons. The summed E-state index contributed by atoms with van der Waals surface area (Å²) in [7, 11) is 0. The first-order valence-electron chi connectivity index (χ1n) is 5.86. The fraction of sp³-hybridized carbons (Fsp3) is 0.308. The predicted octanol–water partition coefficient (Wildman–Crippen LogP) is 1.31. The van der Waals surface area contributed by atoms with E-state index in [1.807, 2.05) is 19.9 Å². The maximum atomic E-state index is 11.9. The number of urea groups is 1. The SMILES string of the molecule is Cc1ccc(NC(=O)N(CC(=O)O)CC(=O)O)cc1C. The minimum Gasteiger partial charge on any atom is -0.480 e. The van der Waals surface area contributed by atoms with Gasteiger partial charge in [-0.3, -0.25) is 9.59 Å². The Bertz CT molecular complexity index is 526. The number of anilines is 1. The van der Waals surface area contributed by atoms with Crippen molar-refractivity contribution in [3.05, 3.63) is 29.3 Å². The van der Waals surface area contributed by atoms with Gasteiger partial charge in [-0.1, -0.05) is 6.07 Å². The molecule has 0 unspecified atom stereocenters. The van der Waals surface area contributed by atoms with Gasteiger partial charge in [-0.25, -0.2) is 4.79 Å². The smallest absolute Gasteiger partial charge is 0.323 e. The Morgan fingerprint density at radius 2 is 1.60 bits per heavy atom. The average Bonchev–Trinajstić information content (AvgIpc) is 2.32. The summed E-state index contributed by atoms with van der Waals surface area (Å²) in [4.78, 5) is 33.8. The van der Waals surface area contributed by atoms with E-state index in [0.717, 1.165) is 11.1 Å². The highest BCUT2D eigenvalue weighted by molar-refractivity contribution is 5.93. The number of hydrogen-bond acceptors (Lipinski definition) is 3. The standard InChI is InChI=1S/C13H16N2O5/c1-8-3-4-10(5-9(8)2)14-13(20)15(6-11(16)17)7-12(18)19/h3-5H,6-7H2,1-2H3,(H,14,20)(H,16,17)(H,18,19). The summed E-state index contributed by atoms with van der Waals surface area (Å²) in [6.07, 6.45) is 0. The van der Waals surface area contributed by atoms with E-state index in [-0.39, 0.29) is 0 Å². The van der Waals surface area contributed by atoms with Crippen LogP contribution in [0.25, 0.3) is 0 Å². The summed E-state index contributed by atoms with van der Waals surface area (Å²) in [6, 6.07) is 4.44. The van der Waals surface area contributed by atoms with Gasteiger partial charge in [-0.2, -0.15) is 0 Å². The zero-order valence-corrected chi connectivity index (χ0v) is 11.2. The van der Waals surface area contributed by atoms with E-state index < -0.39 is 31.1 Å². The normalized spacial score (nSPS) is 9.90. The maximum absolute atomic E-state index is 11.9. The molecule has 20 heavy (non-hydrogen) atoms. The highest BCUT2D eigenvalue weighted by atomic mass is 16.4. The summed E-state index contributed by atoms with van der Waals surface area (Å²) in [6.45, 7) is 2.44. The van der Waals surface area contributed by atoms with Gasteiger partial charge >= 0.3 is 18.0 Å². The van der Waals surface area contributed by atoms with Crippen LogP contribution in [0.1, 0.15) is 11.1 Å². The fourth-order valence-corrected chi connectivity index (χ4v) is 1.55. The number of rotatable bonds is 5. The average molecular weight is 280 g/mol. The third-order valence-electron chi connectivity index (χ3n) is 2.70. The van der Waals surface area contributed by atoms with Crippen LogP contribution >= 0.6 is 0 Å². The fourth-order valence-electron chi connectivity index (χ4n) is 1.55. The van der Waals surface area contributed by atoms with E-state index in [0.29, 0.717) is 10.6 Å². The largest absolute Gasteiger partial charge is 0.480 e. The molecule has 0 bridgehead atoms. The Morgan fingerprint density at radius 1 is 1.05 bits per heavy atom. The van der Waals surface area contributed by atoms with Crippen molar-refractivity contribution in [2.45, 2.75) is 13.8 Å². The Kier molecular flexibility index (Phi) is 5.08. The molecule has 1 aromatic carbocycles. The molecule has 7 heteroatoms. The summed E-state index contributed by atoms with van der Waals surface area (Å²) < 4.78 is 0. The van der Waals surface area contributed by atoms with Gasteiger partial charge in [0.1, 0.15) is 13.1 Å². The van der Waals surface area contributed by atoms with Gasteiger partial charge in [0.25, 0.3) is 0 Å². The minimum atomic E-state index is -1.28. The van der Waals surface area contributed by atoms with Crippen LogP contribution in [0.3, 0.4) is 0 Å². The summed E-state index contributed by atoms with van der Waals surface area (Å²) in [5.41, 5.74) is 2.50. The van der Waals surface area contributed by atoms with Gasteiger partial charge in [0.05, 0.1) is 0 Å². The van der Waals surface area contributed by atoms with Crippen LogP contribution in [0.15, 0.2) is 18.2 Å². The monoisotopic (exact) mass is 280 g/mol. The summed E-state index contributed by atoms with van der Waals surface area (Å²) in [5.74, 6) is -2.55. The van der Waals surface area contributed by atoms with Crippen molar-refractivity contribution in [3.8, 4) is 0 Å². The lowest BCUT2D eigenvalue weighted by Gasteiger charge is -2.19. The van der Waals surface area contributed by atoms with Crippen LogP contribution in [0.5, 0.6) is 0 Å².